The lowest BCUT2D eigenvalue weighted by atomic mass is 10.0. The van der Waals surface area contributed by atoms with E-state index >= 15 is 0 Å². The monoisotopic (exact) mass is 472 g/mol. The molecule has 168 valence electrons. The van der Waals surface area contributed by atoms with Gasteiger partial charge >= 0.3 is 0 Å². The lowest BCUT2D eigenvalue weighted by Crippen LogP contribution is -2.35. The molecule has 0 unspecified atom stereocenters. The highest BCUT2D eigenvalue weighted by Crippen LogP contribution is 2.34. The maximum Gasteiger partial charge on any atom is 0.264 e. The molecule has 0 spiro atoms. The van der Waals surface area contributed by atoms with Gasteiger partial charge in [-0.25, -0.2) is 16.8 Å². The molecule has 1 aliphatic heterocycles. The Labute approximate surface area is 188 Å². The maximum atomic E-state index is 13.2. The summed E-state index contributed by atoms with van der Waals surface area (Å²) in [7, 11) is -5.99. The fraction of sp³-hybridized carbons (Fsp3) is 0.217. The average molecular weight is 473 g/mol. The Morgan fingerprint density at radius 3 is 2.19 bits per heavy atom. The van der Waals surface area contributed by atoms with E-state index in [1.54, 1.807) is 54.6 Å². The zero-order valence-corrected chi connectivity index (χ0v) is 19.4. The molecule has 0 fully saturated rings. The number of fused-ring (bicyclic) bond motifs is 1. The fourth-order valence-corrected chi connectivity index (χ4v) is 6.27. The van der Waals surface area contributed by atoms with Gasteiger partial charge in [0.1, 0.15) is 5.75 Å². The number of sulfonamides is 2. The van der Waals surface area contributed by atoms with Crippen LogP contribution < -0.4 is 13.8 Å². The minimum absolute atomic E-state index is 0.111. The van der Waals surface area contributed by atoms with Crippen molar-refractivity contribution in [2.24, 2.45) is 0 Å². The molecule has 1 heterocycles. The predicted molar refractivity (Wildman–Crippen MR) is 124 cm³/mol. The van der Waals surface area contributed by atoms with Gasteiger partial charge in [-0.2, -0.15) is 0 Å². The molecule has 4 rings (SSSR count). The summed E-state index contributed by atoms with van der Waals surface area (Å²) in [6, 6.07) is 17.8. The quantitative estimate of drug-likeness (QED) is 0.587. The average Bonchev–Trinajstić information content (AvgIpc) is 2.78. The van der Waals surface area contributed by atoms with Crippen LogP contribution in [0.25, 0.3) is 0 Å². The van der Waals surface area contributed by atoms with Crippen LogP contribution in [-0.2, 0) is 26.5 Å². The molecule has 0 atom stereocenters. The molecule has 0 saturated carbocycles. The zero-order chi connectivity index (χ0) is 22.9. The van der Waals surface area contributed by atoms with Crippen molar-refractivity contribution in [2.75, 3.05) is 22.7 Å². The first-order chi connectivity index (χ1) is 15.2. The summed E-state index contributed by atoms with van der Waals surface area (Å²) in [5.74, 6) is 0.563. The van der Waals surface area contributed by atoms with Gasteiger partial charge in [0.05, 0.1) is 22.6 Å². The number of hydrogen-bond donors (Lipinski definition) is 1. The SMILES string of the molecule is COc1ccc(S(=O)(=O)Nc2ccc3c(c2)CCCN3S(=O)(=O)c2ccc(C)cc2)cc1. The van der Waals surface area contributed by atoms with Gasteiger partial charge in [-0.15, -0.1) is 0 Å². The van der Waals surface area contributed by atoms with Gasteiger partial charge in [-0.1, -0.05) is 17.7 Å². The number of rotatable bonds is 6. The maximum absolute atomic E-state index is 13.2. The molecule has 0 bridgehead atoms. The lowest BCUT2D eigenvalue weighted by Gasteiger charge is -2.31. The van der Waals surface area contributed by atoms with E-state index in [4.69, 9.17) is 4.74 Å². The molecule has 9 heteroatoms. The van der Waals surface area contributed by atoms with Crippen LogP contribution >= 0.6 is 0 Å². The highest BCUT2D eigenvalue weighted by Gasteiger charge is 2.29. The summed E-state index contributed by atoms with van der Waals surface area (Å²) in [6.07, 6.45) is 1.31. The van der Waals surface area contributed by atoms with E-state index in [2.05, 4.69) is 4.72 Å². The van der Waals surface area contributed by atoms with Crippen molar-refractivity contribution in [3.05, 3.63) is 77.9 Å². The molecular formula is C23H24N2O5S2. The van der Waals surface area contributed by atoms with Gasteiger partial charge in [0, 0.05) is 12.2 Å². The van der Waals surface area contributed by atoms with Crippen LogP contribution in [0.4, 0.5) is 11.4 Å². The van der Waals surface area contributed by atoms with Crippen molar-refractivity contribution in [1.29, 1.82) is 0 Å². The Kier molecular flexibility index (Phi) is 5.87. The summed E-state index contributed by atoms with van der Waals surface area (Å²) < 4.78 is 61.0. The molecule has 0 saturated heterocycles. The molecule has 0 aliphatic carbocycles. The molecule has 32 heavy (non-hydrogen) atoms. The highest BCUT2D eigenvalue weighted by atomic mass is 32.2. The zero-order valence-electron chi connectivity index (χ0n) is 17.8. The first kappa shape index (κ1) is 22.2. The second-order valence-electron chi connectivity index (χ2n) is 7.62. The molecular weight excluding hydrogens is 448 g/mol. The Morgan fingerprint density at radius 1 is 0.875 bits per heavy atom. The van der Waals surface area contributed by atoms with Gasteiger partial charge in [0.15, 0.2) is 0 Å². The third-order valence-corrected chi connectivity index (χ3v) is 8.61. The van der Waals surface area contributed by atoms with E-state index in [-0.39, 0.29) is 9.79 Å². The minimum atomic E-state index is -3.79. The standard InChI is InChI=1S/C23H24N2O5S2/c1-17-5-10-22(11-6-17)32(28,29)25-15-3-4-18-16-19(7-14-23(18)25)24-31(26,27)21-12-8-20(30-2)9-13-21/h5-14,16,24H,3-4,15H2,1-2H3. The number of ether oxygens (including phenoxy) is 1. The number of nitrogens with zero attached hydrogens (tertiary/aromatic N) is 1. The fourth-order valence-electron chi connectivity index (χ4n) is 3.68. The number of anilines is 2. The highest BCUT2D eigenvalue weighted by molar-refractivity contribution is 7.93. The summed E-state index contributed by atoms with van der Waals surface area (Å²) in [6.45, 7) is 2.28. The second-order valence-corrected chi connectivity index (χ2v) is 11.2. The number of benzene rings is 3. The topological polar surface area (TPSA) is 92.8 Å². The van der Waals surface area contributed by atoms with E-state index in [1.807, 2.05) is 6.92 Å². The van der Waals surface area contributed by atoms with Crippen molar-refractivity contribution in [1.82, 2.24) is 0 Å². The van der Waals surface area contributed by atoms with Crippen molar-refractivity contribution < 1.29 is 21.6 Å². The Hall–Kier alpha value is -3.04. The van der Waals surface area contributed by atoms with Gasteiger partial charge in [-0.05, 0) is 79.9 Å². The summed E-state index contributed by atoms with van der Waals surface area (Å²) >= 11 is 0. The van der Waals surface area contributed by atoms with E-state index in [1.165, 1.54) is 23.5 Å². The van der Waals surface area contributed by atoms with E-state index in [0.29, 0.717) is 36.5 Å². The van der Waals surface area contributed by atoms with Gasteiger partial charge in [-0.3, -0.25) is 9.03 Å². The summed E-state index contributed by atoms with van der Waals surface area (Å²) in [5, 5.41) is 0. The normalized spacial score (nSPS) is 14.0. The molecule has 3 aromatic rings. The largest absolute Gasteiger partial charge is 0.497 e. The van der Waals surface area contributed by atoms with Crippen LogP contribution in [0.5, 0.6) is 5.75 Å². The van der Waals surface area contributed by atoms with Crippen LogP contribution in [-0.4, -0.2) is 30.5 Å². The van der Waals surface area contributed by atoms with E-state index in [0.717, 1.165) is 11.1 Å². The molecule has 1 N–H and O–H groups in total. The van der Waals surface area contributed by atoms with Crippen LogP contribution in [0.1, 0.15) is 17.5 Å². The van der Waals surface area contributed by atoms with E-state index < -0.39 is 20.0 Å². The molecule has 0 radical (unpaired) electrons. The van der Waals surface area contributed by atoms with E-state index in [9.17, 15) is 16.8 Å². The predicted octanol–water partition coefficient (Wildman–Crippen LogP) is 3.95. The van der Waals surface area contributed by atoms with Crippen LogP contribution in [0.2, 0.25) is 0 Å². The minimum Gasteiger partial charge on any atom is -0.497 e. The molecule has 1 aliphatic rings. The third-order valence-electron chi connectivity index (χ3n) is 5.39. The van der Waals surface area contributed by atoms with Crippen LogP contribution in [0, 0.1) is 6.92 Å². The second kappa shape index (κ2) is 8.48. The Bertz CT molecular complexity index is 1330. The molecule has 0 amide bonds. The van der Waals surface area contributed by atoms with Crippen LogP contribution in [0.15, 0.2) is 76.5 Å². The number of methoxy groups -OCH3 is 1. The number of nitrogens with one attached hydrogen (secondary N) is 1. The number of hydrogen-bond acceptors (Lipinski definition) is 5. The Balaban J connectivity index is 1.62. The molecule has 0 aromatic heterocycles. The number of aryl methyl sites for hydroxylation is 2. The van der Waals surface area contributed by atoms with Crippen molar-refractivity contribution in [2.45, 2.75) is 29.6 Å². The summed E-state index contributed by atoms with van der Waals surface area (Å²) in [4.78, 5) is 0.347. The van der Waals surface area contributed by atoms with Crippen molar-refractivity contribution in [3.8, 4) is 5.75 Å². The van der Waals surface area contributed by atoms with Gasteiger partial charge in [0.25, 0.3) is 20.0 Å². The van der Waals surface area contributed by atoms with Crippen LogP contribution in [0.3, 0.4) is 0 Å². The Morgan fingerprint density at radius 2 is 1.53 bits per heavy atom. The smallest absolute Gasteiger partial charge is 0.264 e. The summed E-state index contributed by atoms with van der Waals surface area (Å²) in [5.41, 5.74) is 2.72. The molecule has 3 aromatic carbocycles. The van der Waals surface area contributed by atoms with Gasteiger partial charge in [0.2, 0.25) is 0 Å². The lowest BCUT2D eigenvalue weighted by molar-refractivity contribution is 0.414. The molecule has 7 nitrogen and oxygen atoms in total. The van der Waals surface area contributed by atoms with Crippen molar-refractivity contribution >= 4 is 31.4 Å². The van der Waals surface area contributed by atoms with Gasteiger partial charge < -0.3 is 4.74 Å². The van der Waals surface area contributed by atoms with Crippen molar-refractivity contribution in [3.63, 3.8) is 0 Å². The third kappa shape index (κ3) is 4.31. The first-order valence-electron chi connectivity index (χ1n) is 10.1. The first-order valence-corrected chi connectivity index (χ1v) is 13.0.